The van der Waals surface area contributed by atoms with Gasteiger partial charge in [-0.15, -0.1) is 0 Å². The van der Waals surface area contributed by atoms with Gasteiger partial charge in [0.05, 0.1) is 6.61 Å². The third-order valence-corrected chi connectivity index (χ3v) is 3.21. The normalized spacial score (nSPS) is 16.4. The van der Waals surface area contributed by atoms with Crippen LogP contribution >= 0.6 is 0 Å². The minimum Gasteiger partial charge on any atom is -0.398 e. The van der Waals surface area contributed by atoms with Gasteiger partial charge in [0.1, 0.15) is 6.61 Å². The molecule has 0 amide bonds. The van der Waals surface area contributed by atoms with Crippen LogP contribution in [0.4, 0.5) is 18.9 Å². The number of benzene rings is 1. The Kier molecular flexibility index (Phi) is 4.31. The minimum atomic E-state index is -4.25. The first kappa shape index (κ1) is 14.1. The number of rotatable bonds is 4. The van der Waals surface area contributed by atoms with Crippen LogP contribution in [0.1, 0.15) is 11.1 Å². The molecule has 0 spiro atoms. The fraction of sp³-hybridized carbons (Fsp3) is 0.538. The Labute approximate surface area is 110 Å². The Balaban J connectivity index is 1.81. The molecule has 0 atom stereocenters. The summed E-state index contributed by atoms with van der Waals surface area (Å²) >= 11 is 0. The zero-order valence-corrected chi connectivity index (χ0v) is 10.5. The van der Waals surface area contributed by atoms with Crippen molar-refractivity contribution in [1.82, 2.24) is 4.90 Å². The molecule has 0 unspecified atom stereocenters. The van der Waals surface area contributed by atoms with E-state index in [0.29, 0.717) is 13.1 Å². The van der Waals surface area contributed by atoms with Crippen LogP contribution in [0.15, 0.2) is 18.2 Å². The Morgan fingerprint density at radius 3 is 2.84 bits per heavy atom. The summed E-state index contributed by atoms with van der Waals surface area (Å²) in [7, 11) is 0. The maximum absolute atomic E-state index is 11.9. The van der Waals surface area contributed by atoms with E-state index in [1.165, 1.54) is 5.56 Å². The molecule has 1 aromatic rings. The van der Waals surface area contributed by atoms with Gasteiger partial charge in [0.2, 0.25) is 0 Å². The highest BCUT2D eigenvalue weighted by atomic mass is 19.4. The van der Waals surface area contributed by atoms with Gasteiger partial charge in [0, 0.05) is 25.3 Å². The maximum atomic E-state index is 11.9. The second kappa shape index (κ2) is 5.79. The molecule has 0 radical (unpaired) electrons. The molecule has 19 heavy (non-hydrogen) atoms. The Bertz CT molecular complexity index is 434. The van der Waals surface area contributed by atoms with E-state index in [1.807, 2.05) is 18.2 Å². The fourth-order valence-corrected chi connectivity index (χ4v) is 2.24. The molecule has 2 N–H and O–H groups in total. The number of fused-ring (bicyclic) bond motifs is 1. The van der Waals surface area contributed by atoms with Crippen LogP contribution < -0.4 is 5.73 Å². The second-order valence-corrected chi connectivity index (χ2v) is 4.68. The largest absolute Gasteiger partial charge is 0.411 e. The van der Waals surface area contributed by atoms with Gasteiger partial charge in [0.25, 0.3) is 0 Å². The lowest BCUT2D eigenvalue weighted by Crippen LogP contribution is -2.34. The van der Waals surface area contributed by atoms with Gasteiger partial charge >= 0.3 is 6.18 Å². The molecule has 0 bridgehead atoms. The number of nitrogen functional groups attached to an aromatic ring is 1. The third kappa shape index (κ3) is 4.11. The van der Waals surface area contributed by atoms with Gasteiger partial charge in [-0.3, -0.25) is 4.90 Å². The topological polar surface area (TPSA) is 38.5 Å². The summed E-state index contributed by atoms with van der Waals surface area (Å²) in [5, 5.41) is 0. The first-order valence-corrected chi connectivity index (χ1v) is 6.19. The van der Waals surface area contributed by atoms with Gasteiger partial charge in [-0.25, -0.2) is 0 Å². The Hall–Kier alpha value is -1.27. The van der Waals surface area contributed by atoms with E-state index in [4.69, 9.17) is 5.73 Å². The number of alkyl halides is 3. The highest BCUT2D eigenvalue weighted by Crippen LogP contribution is 2.24. The maximum Gasteiger partial charge on any atom is 0.411 e. The van der Waals surface area contributed by atoms with Crippen LogP contribution in [-0.2, 0) is 17.7 Å². The van der Waals surface area contributed by atoms with E-state index < -0.39 is 12.8 Å². The molecule has 0 aliphatic carbocycles. The molecule has 0 fully saturated rings. The van der Waals surface area contributed by atoms with E-state index in [9.17, 15) is 13.2 Å². The first-order chi connectivity index (χ1) is 8.96. The summed E-state index contributed by atoms with van der Waals surface area (Å²) in [4.78, 5) is 2.06. The van der Waals surface area contributed by atoms with Crippen molar-refractivity contribution in [1.29, 1.82) is 0 Å². The van der Waals surface area contributed by atoms with E-state index >= 15 is 0 Å². The van der Waals surface area contributed by atoms with Crippen LogP contribution in [0, 0.1) is 0 Å². The molecule has 2 rings (SSSR count). The molecule has 1 aromatic carbocycles. The number of hydrogen-bond acceptors (Lipinski definition) is 3. The molecule has 0 aromatic heterocycles. The van der Waals surface area contributed by atoms with Crippen molar-refractivity contribution in [2.45, 2.75) is 19.1 Å². The quantitative estimate of drug-likeness (QED) is 0.676. The molecule has 0 saturated heterocycles. The fourth-order valence-electron chi connectivity index (χ4n) is 2.24. The number of nitrogens with zero attached hydrogens (tertiary/aromatic N) is 1. The lowest BCUT2D eigenvalue weighted by molar-refractivity contribution is -0.174. The van der Waals surface area contributed by atoms with Crippen LogP contribution in [0.25, 0.3) is 0 Å². The van der Waals surface area contributed by atoms with Crippen molar-refractivity contribution in [3.05, 3.63) is 29.3 Å². The smallest absolute Gasteiger partial charge is 0.398 e. The van der Waals surface area contributed by atoms with Crippen molar-refractivity contribution >= 4 is 5.69 Å². The zero-order valence-electron chi connectivity index (χ0n) is 10.5. The Morgan fingerprint density at radius 2 is 2.11 bits per heavy atom. The second-order valence-electron chi connectivity index (χ2n) is 4.68. The summed E-state index contributed by atoms with van der Waals surface area (Å²) in [6.45, 7) is 0.897. The molecule has 106 valence electrons. The number of nitrogens with two attached hydrogens (primary N) is 1. The summed E-state index contributed by atoms with van der Waals surface area (Å²) in [6.07, 6.45) is -3.38. The number of hydrogen-bond donors (Lipinski definition) is 1. The molecule has 6 heteroatoms. The molecular formula is C13H17F3N2O. The molecule has 3 nitrogen and oxygen atoms in total. The summed E-state index contributed by atoms with van der Waals surface area (Å²) in [5.74, 6) is 0. The molecule has 1 aliphatic rings. The van der Waals surface area contributed by atoms with E-state index in [-0.39, 0.29) is 6.61 Å². The van der Waals surface area contributed by atoms with Crippen molar-refractivity contribution in [2.24, 2.45) is 0 Å². The number of ether oxygens (including phenoxy) is 1. The zero-order chi connectivity index (χ0) is 13.9. The van der Waals surface area contributed by atoms with Gasteiger partial charge in [0.15, 0.2) is 0 Å². The lowest BCUT2D eigenvalue weighted by Gasteiger charge is -2.29. The summed E-state index contributed by atoms with van der Waals surface area (Å²) in [6, 6.07) is 5.82. The van der Waals surface area contributed by atoms with Crippen LogP contribution in [0.5, 0.6) is 0 Å². The van der Waals surface area contributed by atoms with Gasteiger partial charge < -0.3 is 10.5 Å². The van der Waals surface area contributed by atoms with Crippen molar-refractivity contribution < 1.29 is 17.9 Å². The average Bonchev–Trinajstić information content (AvgIpc) is 2.34. The summed E-state index contributed by atoms with van der Waals surface area (Å²) in [5.41, 5.74) is 8.97. The van der Waals surface area contributed by atoms with Crippen molar-refractivity contribution in [3.8, 4) is 0 Å². The third-order valence-electron chi connectivity index (χ3n) is 3.21. The first-order valence-electron chi connectivity index (χ1n) is 6.19. The Morgan fingerprint density at radius 1 is 1.32 bits per heavy atom. The monoisotopic (exact) mass is 274 g/mol. The standard InChI is InChI=1S/C13H17F3N2O/c14-13(15,16)9-19-7-6-18-5-4-10-2-1-3-12(17)11(10)8-18/h1-3H,4-9,17H2. The van der Waals surface area contributed by atoms with E-state index in [1.54, 1.807) is 0 Å². The predicted octanol–water partition coefficient (Wildman–Crippen LogP) is 2.21. The number of halogens is 3. The van der Waals surface area contributed by atoms with Crippen LogP contribution in [0.2, 0.25) is 0 Å². The highest BCUT2D eigenvalue weighted by molar-refractivity contribution is 5.51. The van der Waals surface area contributed by atoms with E-state index in [0.717, 1.165) is 24.2 Å². The SMILES string of the molecule is Nc1cccc2c1CN(CCOCC(F)(F)F)CC2. The van der Waals surface area contributed by atoms with Gasteiger partial charge in [-0.1, -0.05) is 12.1 Å². The van der Waals surface area contributed by atoms with E-state index in [2.05, 4.69) is 9.64 Å². The molecule has 1 heterocycles. The van der Waals surface area contributed by atoms with Crippen LogP contribution in [0.3, 0.4) is 0 Å². The van der Waals surface area contributed by atoms with Crippen molar-refractivity contribution in [3.63, 3.8) is 0 Å². The van der Waals surface area contributed by atoms with Gasteiger partial charge in [-0.2, -0.15) is 13.2 Å². The lowest BCUT2D eigenvalue weighted by atomic mass is 9.98. The molecule has 1 aliphatic heterocycles. The number of anilines is 1. The minimum absolute atomic E-state index is 0.0849. The van der Waals surface area contributed by atoms with Crippen LogP contribution in [-0.4, -0.2) is 37.4 Å². The van der Waals surface area contributed by atoms with Crippen molar-refractivity contribution in [2.75, 3.05) is 32.0 Å². The predicted molar refractivity (Wildman–Crippen MR) is 66.7 cm³/mol. The average molecular weight is 274 g/mol. The van der Waals surface area contributed by atoms with Gasteiger partial charge in [-0.05, 0) is 23.6 Å². The highest BCUT2D eigenvalue weighted by Gasteiger charge is 2.27. The molecular weight excluding hydrogens is 257 g/mol. The summed E-state index contributed by atoms with van der Waals surface area (Å²) < 4.78 is 40.4. The molecule has 0 saturated carbocycles.